The third-order valence-electron chi connectivity index (χ3n) is 3.82. The summed E-state index contributed by atoms with van der Waals surface area (Å²) in [5.41, 5.74) is 3.36. The van der Waals surface area contributed by atoms with Gasteiger partial charge < -0.3 is 14.8 Å². The van der Waals surface area contributed by atoms with E-state index in [-0.39, 0.29) is 5.91 Å². The number of unbranched alkanes of at least 4 members (excludes halogenated alkanes) is 1. The molecule has 0 aliphatic heterocycles. The van der Waals surface area contributed by atoms with Crippen molar-refractivity contribution in [2.24, 2.45) is 0 Å². The number of aryl methyl sites for hydroxylation is 2. The fourth-order valence-corrected chi connectivity index (χ4v) is 2.44. The number of hydrogen-bond acceptors (Lipinski definition) is 3. The minimum absolute atomic E-state index is 0.152. The molecule has 4 heteroatoms. The van der Waals surface area contributed by atoms with Crippen molar-refractivity contribution in [1.82, 2.24) is 0 Å². The Bertz CT molecular complexity index is 710. The average molecular weight is 327 g/mol. The van der Waals surface area contributed by atoms with E-state index in [4.69, 9.17) is 9.47 Å². The van der Waals surface area contributed by atoms with Gasteiger partial charge in [0.25, 0.3) is 5.91 Å². The van der Waals surface area contributed by atoms with Crippen LogP contribution in [0, 0.1) is 13.8 Å². The first-order chi connectivity index (χ1) is 11.5. The van der Waals surface area contributed by atoms with E-state index in [0.717, 1.165) is 24.0 Å². The fourth-order valence-electron chi connectivity index (χ4n) is 2.44. The van der Waals surface area contributed by atoms with Crippen molar-refractivity contribution in [2.75, 3.05) is 19.0 Å². The summed E-state index contributed by atoms with van der Waals surface area (Å²) in [7, 11) is 1.60. The number of methoxy groups -OCH3 is 1. The molecule has 0 aliphatic carbocycles. The first-order valence-electron chi connectivity index (χ1n) is 8.24. The lowest BCUT2D eigenvalue weighted by atomic mass is 10.1. The van der Waals surface area contributed by atoms with Gasteiger partial charge in [-0.2, -0.15) is 0 Å². The molecule has 1 N–H and O–H groups in total. The van der Waals surface area contributed by atoms with E-state index in [9.17, 15) is 4.79 Å². The van der Waals surface area contributed by atoms with E-state index in [1.165, 1.54) is 0 Å². The van der Waals surface area contributed by atoms with Gasteiger partial charge in [-0.3, -0.25) is 4.79 Å². The summed E-state index contributed by atoms with van der Waals surface area (Å²) in [4.78, 5) is 12.6. The van der Waals surface area contributed by atoms with Gasteiger partial charge in [0.05, 0.1) is 19.4 Å². The minimum atomic E-state index is -0.152. The summed E-state index contributed by atoms with van der Waals surface area (Å²) in [6, 6.07) is 11.2. The van der Waals surface area contributed by atoms with Crippen molar-refractivity contribution in [1.29, 1.82) is 0 Å². The summed E-state index contributed by atoms with van der Waals surface area (Å²) < 4.78 is 11.0. The van der Waals surface area contributed by atoms with E-state index in [2.05, 4.69) is 12.2 Å². The van der Waals surface area contributed by atoms with Gasteiger partial charge in [-0.25, -0.2) is 0 Å². The van der Waals surface area contributed by atoms with Gasteiger partial charge in [0.2, 0.25) is 0 Å². The molecule has 0 aliphatic rings. The Hall–Kier alpha value is -2.49. The normalized spacial score (nSPS) is 10.3. The Labute approximate surface area is 143 Å². The van der Waals surface area contributed by atoms with Crippen LogP contribution in [0.4, 0.5) is 5.69 Å². The standard InChI is InChI=1S/C20H25NO3/c1-5-6-11-24-19-10-8-16(23-4)13-18(19)21-20(22)17-9-7-14(2)12-15(17)3/h7-10,12-13H,5-6,11H2,1-4H3,(H,21,22). The SMILES string of the molecule is CCCCOc1ccc(OC)cc1NC(=O)c1ccc(C)cc1C. The Kier molecular flexibility index (Phi) is 6.24. The predicted octanol–water partition coefficient (Wildman–Crippen LogP) is 4.74. The maximum Gasteiger partial charge on any atom is 0.256 e. The molecule has 0 saturated heterocycles. The van der Waals surface area contributed by atoms with Crippen LogP contribution in [0.2, 0.25) is 0 Å². The number of carbonyl (C=O) groups is 1. The third kappa shape index (κ3) is 4.51. The second-order valence-corrected chi connectivity index (χ2v) is 5.84. The Morgan fingerprint density at radius 1 is 1.12 bits per heavy atom. The largest absolute Gasteiger partial charge is 0.497 e. The molecular formula is C20H25NO3. The number of carbonyl (C=O) groups excluding carboxylic acids is 1. The molecule has 0 saturated carbocycles. The summed E-state index contributed by atoms with van der Waals surface area (Å²) in [6.45, 7) is 6.68. The quantitative estimate of drug-likeness (QED) is 0.747. The third-order valence-corrected chi connectivity index (χ3v) is 3.82. The van der Waals surface area contributed by atoms with Crippen molar-refractivity contribution in [3.8, 4) is 11.5 Å². The highest BCUT2D eigenvalue weighted by molar-refractivity contribution is 6.06. The molecule has 0 radical (unpaired) electrons. The van der Waals surface area contributed by atoms with Gasteiger partial charge in [0.1, 0.15) is 11.5 Å². The molecule has 0 atom stereocenters. The van der Waals surface area contributed by atoms with Crippen LogP contribution in [0.1, 0.15) is 41.3 Å². The number of rotatable bonds is 7. The summed E-state index contributed by atoms with van der Waals surface area (Å²) in [5.74, 6) is 1.18. The zero-order valence-electron chi connectivity index (χ0n) is 14.8. The maximum atomic E-state index is 12.6. The lowest BCUT2D eigenvalue weighted by molar-refractivity contribution is 0.102. The highest BCUT2D eigenvalue weighted by Gasteiger charge is 2.13. The molecule has 0 unspecified atom stereocenters. The Balaban J connectivity index is 2.23. The first-order valence-corrected chi connectivity index (χ1v) is 8.24. The van der Waals surface area contributed by atoms with Crippen molar-refractivity contribution in [3.63, 3.8) is 0 Å². The van der Waals surface area contributed by atoms with E-state index >= 15 is 0 Å². The molecule has 2 rings (SSSR count). The topological polar surface area (TPSA) is 47.6 Å². The van der Waals surface area contributed by atoms with Gasteiger partial charge in [-0.05, 0) is 44.0 Å². The molecule has 128 valence electrons. The second kappa shape index (κ2) is 8.39. The summed E-state index contributed by atoms with van der Waals surface area (Å²) in [5, 5.41) is 2.94. The van der Waals surface area contributed by atoms with Crippen molar-refractivity contribution in [3.05, 3.63) is 53.1 Å². The second-order valence-electron chi connectivity index (χ2n) is 5.84. The smallest absolute Gasteiger partial charge is 0.256 e. The van der Waals surface area contributed by atoms with Crippen LogP contribution in [-0.2, 0) is 0 Å². The molecule has 4 nitrogen and oxygen atoms in total. The molecule has 0 bridgehead atoms. The van der Waals surface area contributed by atoms with E-state index < -0.39 is 0 Å². The van der Waals surface area contributed by atoms with Crippen molar-refractivity contribution >= 4 is 11.6 Å². The van der Waals surface area contributed by atoms with Crippen LogP contribution in [0.25, 0.3) is 0 Å². The van der Waals surface area contributed by atoms with Crippen LogP contribution >= 0.6 is 0 Å². The number of anilines is 1. The lowest BCUT2D eigenvalue weighted by Crippen LogP contribution is -2.14. The molecule has 1 amide bonds. The number of amides is 1. The monoisotopic (exact) mass is 327 g/mol. The van der Waals surface area contributed by atoms with Gasteiger partial charge in [-0.1, -0.05) is 31.0 Å². The van der Waals surface area contributed by atoms with Crippen molar-refractivity contribution < 1.29 is 14.3 Å². The van der Waals surface area contributed by atoms with Crippen LogP contribution in [0.5, 0.6) is 11.5 Å². The zero-order chi connectivity index (χ0) is 17.5. The molecular weight excluding hydrogens is 302 g/mol. The predicted molar refractivity (Wildman–Crippen MR) is 97.3 cm³/mol. The highest BCUT2D eigenvalue weighted by Crippen LogP contribution is 2.30. The average Bonchev–Trinajstić information content (AvgIpc) is 2.56. The molecule has 0 heterocycles. The molecule has 0 fully saturated rings. The van der Waals surface area contributed by atoms with Crippen LogP contribution in [0.3, 0.4) is 0 Å². The molecule has 2 aromatic rings. The molecule has 0 spiro atoms. The zero-order valence-corrected chi connectivity index (χ0v) is 14.8. The molecule has 0 aromatic heterocycles. The number of nitrogens with one attached hydrogen (secondary N) is 1. The van der Waals surface area contributed by atoms with E-state index in [1.54, 1.807) is 13.2 Å². The number of benzene rings is 2. The summed E-state index contributed by atoms with van der Waals surface area (Å²) >= 11 is 0. The van der Waals surface area contributed by atoms with Crippen LogP contribution in [-0.4, -0.2) is 19.6 Å². The number of hydrogen-bond donors (Lipinski definition) is 1. The number of ether oxygens (including phenoxy) is 2. The van der Waals surface area contributed by atoms with E-state index in [0.29, 0.717) is 29.4 Å². The maximum absolute atomic E-state index is 12.6. The lowest BCUT2D eigenvalue weighted by Gasteiger charge is -2.14. The van der Waals surface area contributed by atoms with Crippen LogP contribution in [0.15, 0.2) is 36.4 Å². The minimum Gasteiger partial charge on any atom is -0.497 e. The van der Waals surface area contributed by atoms with E-state index in [1.807, 2.05) is 44.2 Å². The first kappa shape index (κ1) is 17.9. The highest BCUT2D eigenvalue weighted by atomic mass is 16.5. The van der Waals surface area contributed by atoms with Crippen LogP contribution < -0.4 is 14.8 Å². The van der Waals surface area contributed by atoms with Gasteiger partial charge >= 0.3 is 0 Å². The van der Waals surface area contributed by atoms with Gasteiger partial charge in [-0.15, -0.1) is 0 Å². The van der Waals surface area contributed by atoms with Gasteiger partial charge in [0.15, 0.2) is 0 Å². The Morgan fingerprint density at radius 3 is 2.58 bits per heavy atom. The fraction of sp³-hybridized carbons (Fsp3) is 0.350. The Morgan fingerprint density at radius 2 is 1.92 bits per heavy atom. The molecule has 2 aromatic carbocycles. The van der Waals surface area contributed by atoms with Gasteiger partial charge in [0, 0.05) is 11.6 Å². The summed E-state index contributed by atoms with van der Waals surface area (Å²) in [6.07, 6.45) is 2.02. The molecule has 24 heavy (non-hydrogen) atoms. The van der Waals surface area contributed by atoms with Crippen molar-refractivity contribution in [2.45, 2.75) is 33.6 Å².